The van der Waals surface area contributed by atoms with Gasteiger partial charge in [0.15, 0.2) is 0 Å². The van der Waals surface area contributed by atoms with Gasteiger partial charge in [-0.05, 0) is 74.5 Å². The van der Waals surface area contributed by atoms with Crippen molar-refractivity contribution in [3.8, 4) is 17.2 Å². The fourth-order valence-electron chi connectivity index (χ4n) is 2.82. The zero-order valence-corrected chi connectivity index (χ0v) is 24.0. The van der Waals surface area contributed by atoms with E-state index >= 15 is 0 Å². The molecule has 4 aromatic rings. The second-order valence-corrected chi connectivity index (χ2v) is 9.76. The Bertz CT molecular complexity index is 1440. The Morgan fingerprint density at radius 1 is 0.641 bits per heavy atom. The summed E-state index contributed by atoms with van der Waals surface area (Å²) in [5, 5.41) is 31.8. The first-order chi connectivity index (χ1) is 18.3. The number of halogens is 5. The number of aryl methyl sites for hydroxylation is 2. The number of phenolic OH excluding ortho intramolecular Hbond substituents is 1. The summed E-state index contributed by atoms with van der Waals surface area (Å²) >= 11 is 28.5. The molecule has 8 nitrogen and oxygen atoms in total. The van der Waals surface area contributed by atoms with E-state index in [1.165, 1.54) is 24.3 Å². The first kappa shape index (κ1) is 31.9. The SMILES string of the molecule is Cc1cc(Cl)c(Cl)cc1[N+](=O)[O-].Cc1cc(Oc2ccc(Cl)cc2)c(Cl)cc1[N+](=O)[O-].Oc1ccc(Cl)cc1. The minimum Gasteiger partial charge on any atom is -0.508 e. The van der Waals surface area contributed by atoms with Crippen molar-refractivity contribution in [2.24, 2.45) is 0 Å². The Balaban J connectivity index is 0.000000227. The van der Waals surface area contributed by atoms with Crippen LogP contribution in [0.1, 0.15) is 11.1 Å². The monoisotopic (exact) mass is 630 g/mol. The van der Waals surface area contributed by atoms with E-state index in [1.54, 1.807) is 62.4 Å². The third-order valence-electron chi connectivity index (χ3n) is 4.75. The average molecular weight is 633 g/mol. The number of hydrogen-bond acceptors (Lipinski definition) is 6. The van der Waals surface area contributed by atoms with Crippen LogP contribution in [0.5, 0.6) is 17.2 Å². The molecule has 0 spiro atoms. The minimum absolute atomic E-state index is 0.00981. The van der Waals surface area contributed by atoms with Crippen LogP contribution < -0.4 is 4.74 Å². The first-order valence-electron chi connectivity index (χ1n) is 10.7. The normalized spacial score (nSPS) is 9.92. The summed E-state index contributed by atoms with van der Waals surface area (Å²) in [5.41, 5.74) is 0.950. The van der Waals surface area contributed by atoms with Gasteiger partial charge in [0.25, 0.3) is 11.4 Å². The summed E-state index contributed by atoms with van der Waals surface area (Å²) in [6.45, 7) is 3.24. The Morgan fingerprint density at radius 2 is 1.05 bits per heavy atom. The van der Waals surface area contributed by atoms with Gasteiger partial charge in [0, 0.05) is 33.3 Å². The topological polar surface area (TPSA) is 116 Å². The van der Waals surface area contributed by atoms with Gasteiger partial charge in [0.2, 0.25) is 0 Å². The van der Waals surface area contributed by atoms with Crippen LogP contribution in [0.4, 0.5) is 11.4 Å². The zero-order chi connectivity index (χ0) is 29.3. The second-order valence-electron chi connectivity index (χ2n) is 7.67. The van der Waals surface area contributed by atoms with Crippen molar-refractivity contribution in [2.45, 2.75) is 13.8 Å². The van der Waals surface area contributed by atoms with E-state index in [0.717, 1.165) is 0 Å². The molecule has 0 heterocycles. The van der Waals surface area contributed by atoms with Gasteiger partial charge in [0.05, 0.1) is 24.9 Å². The second kappa shape index (κ2) is 14.8. The number of rotatable bonds is 4. The van der Waals surface area contributed by atoms with Gasteiger partial charge in [-0.15, -0.1) is 0 Å². The molecule has 0 unspecified atom stereocenters. The predicted molar refractivity (Wildman–Crippen MR) is 155 cm³/mol. The molecule has 0 aliphatic rings. The number of nitro benzene ring substituents is 2. The standard InChI is InChI=1S/C13H9Cl2NO3.C7H5Cl2NO2.C6H5ClO/c1-8-6-13(11(15)7-12(8)16(17)18)19-10-4-2-9(14)3-5-10;1-4-2-5(8)6(9)3-7(4)10(11)12;7-5-1-3-6(8)4-2-5/h2-7H,1H3;2-3H,1H3;1-4,8H. The molecular formula is C26H19Cl5N2O6. The van der Waals surface area contributed by atoms with Gasteiger partial charge in [-0.3, -0.25) is 20.2 Å². The number of nitrogens with zero attached hydrogens (tertiary/aromatic N) is 2. The lowest BCUT2D eigenvalue weighted by Gasteiger charge is -2.08. The van der Waals surface area contributed by atoms with Gasteiger partial charge in [-0.1, -0.05) is 58.0 Å². The lowest BCUT2D eigenvalue weighted by molar-refractivity contribution is -0.385. The molecule has 0 aromatic heterocycles. The van der Waals surface area contributed by atoms with Gasteiger partial charge in [-0.25, -0.2) is 0 Å². The van der Waals surface area contributed by atoms with Crippen molar-refractivity contribution in [1.29, 1.82) is 0 Å². The molecule has 0 aliphatic carbocycles. The molecule has 4 rings (SSSR count). The number of nitro groups is 2. The largest absolute Gasteiger partial charge is 0.508 e. The molecule has 0 amide bonds. The summed E-state index contributed by atoms with van der Waals surface area (Å²) in [4.78, 5) is 20.2. The Kier molecular flexibility index (Phi) is 12.1. The molecular weight excluding hydrogens is 614 g/mol. The Labute approximate surface area is 248 Å². The molecule has 4 aromatic carbocycles. The highest BCUT2D eigenvalue weighted by Crippen LogP contribution is 2.35. The number of hydrogen-bond donors (Lipinski definition) is 1. The molecule has 0 fully saturated rings. The fourth-order valence-corrected chi connectivity index (χ4v) is 3.65. The van der Waals surface area contributed by atoms with Crippen molar-refractivity contribution in [3.63, 3.8) is 0 Å². The minimum atomic E-state index is -0.489. The third kappa shape index (κ3) is 10.1. The third-order valence-corrected chi connectivity index (χ3v) is 6.27. The molecule has 0 bridgehead atoms. The fraction of sp³-hybridized carbons (Fsp3) is 0.0769. The van der Waals surface area contributed by atoms with E-state index in [2.05, 4.69) is 0 Å². The Morgan fingerprint density at radius 3 is 1.51 bits per heavy atom. The van der Waals surface area contributed by atoms with E-state index in [1.807, 2.05) is 0 Å². The smallest absolute Gasteiger partial charge is 0.274 e. The predicted octanol–water partition coefficient (Wildman–Crippen LogP) is 10.3. The van der Waals surface area contributed by atoms with Crippen LogP contribution >= 0.6 is 58.0 Å². The van der Waals surface area contributed by atoms with Crippen molar-refractivity contribution in [2.75, 3.05) is 0 Å². The molecule has 0 saturated carbocycles. The number of aromatic hydroxyl groups is 1. The molecule has 1 N–H and O–H groups in total. The molecule has 13 heteroatoms. The Hall–Kier alpha value is -3.27. The summed E-state index contributed by atoms with van der Waals surface area (Å²) in [6.07, 6.45) is 0. The number of ether oxygens (including phenoxy) is 1. The number of phenols is 1. The lowest BCUT2D eigenvalue weighted by atomic mass is 10.2. The summed E-state index contributed by atoms with van der Waals surface area (Å²) in [6, 6.07) is 18.6. The van der Waals surface area contributed by atoms with Crippen molar-refractivity contribution < 1.29 is 19.7 Å². The average Bonchev–Trinajstić information content (AvgIpc) is 2.87. The van der Waals surface area contributed by atoms with Gasteiger partial charge >= 0.3 is 0 Å². The van der Waals surface area contributed by atoms with Crippen LogP contribution in [0.3, 0.4) is 0 Å². The molecule has 0 radical (unpaired) electrons. The summed E-state index contributed by atoms with van der Waals surface area (Å²) in [7, 11) is 0. The maximum Gasteiger partial charge on any atom is 0.274 e. The quantitative estimate of drug-likeness (QED) is 0.177. The van der Waals surface area contributed by atoms with Gasteiger partial charge in [0.1, 0.15) is 17.2 Å². The highest BCUT2D eigenvalue weighted by Gasteiger charge is 2.16. The van der Waals surface area contributed by atoms with Crippen LogP contribution in [0, 0.1) is 34.1 Å². The molecule has 0 aliphatic heterocycles. The van der Waals surface area contributed by atoms with Crippen molar-refractivity contribution >= 4 is 69.4 Å². The van der Waals surface area contributed by atoms with Crippen LogP contribution in [-0.2, 0) is 0 Å². The van der Waals surface area contributed by atoms with Crippen molar-refractivity contribution in [3.05, 3.63) is 129 Å². The molecule has 39 heavy (non-hydrogen) atoms. The summed E-state index contributed by atoms with van der Waals surface area (Å²) in [5.74, 6) is 1.17. The van der Waals surface area contributed by atoms with Gasteiger partial charge in [-0.2, -0.15) is 0 Å². The first-order valence-corrected chi connectivity index (χ1v) is 12.6. The van der Waals surface area contributed by atoms with Crippen molar-refractivity contribution in [1.82, 2.24) is 0 Å². The zero-order valence-electron chi connectivity index (χ0n) is 20.2. The van der Waals surface area contributed by atoms with E-state index in [-0.39, 0.29) is 27.2 Å². The van der Waals surface area contributed by atoms with E-state index in [9.17, 15) is 20.2 Å². The molecule has 0 atom stereocenters. The lowest BCUT2D eigenvalue weighted by Crippen LogP contribution is -1.93. The summed E-state index contributed by atoms with van der Waals surface area (Å²) < 4.78 is 5.57. The maximum atomic E-state index is 10.8. The van der Waals surface area contributed by atoms with E-state index in [4.69, 9.17) is 67.8 Å². The van der Waals surface area contributed by atoms with E-state index in [0.29, 0.717) is 37.7 Å². The molecule has 0 saturated heterocycles. The molecule has 204 valence electrons. The van der Waals surface area contributed by atoms with E-state index < -0.39 is 9.85 Å². The van der Waals surface area contributed by atoms with Crippen LogP contribution in [0.25, 0.3) is 0 Å². The highest BCUT2D eigenvalue weighted by atomic mass is 35.5. The van der Waals surface area contributed by atoms with Crippen LogP contribution in [-0.4, -0.2) is 15.0 Å². The highest BCUT2D eigenvalue weighted by molar-refractivity contribution is 6.42. The van der Waals surface area contributed by atoms with Crippen LogP contribution in [0.15, 0.2) is 72.8 Å². The van der Waals surface area contributed by atoms with Crippen LogP contribution in [0.2, 0.25) is 25.1 Å². The maximum absolute atomic E-state index is 10.8. The van der Waals surface area contributed by atoms with Gasteiger partial charge < -0.3 is 9.84 Å². The number of benzene rings is 4.